The minimum Gasteiger partial charge on any atom is -0.493 e. The summed E-state index contributed by atoms with van der Waals surface area (Å²) in [6.45, 7) is 3.95. The molecule has 0 fully saturated rings. The highest BCUT2D eigenvalue weighted by Gasteiger charge is 2.30. The van der Waals surface area contributed by atoms with E-state index >= 15 is 0 Å². The van der Waals surface area contributed by atoms with Crippen LogP contribution in [0.5, 0.6) is 5.75 Å². The minimum absolute atomic E-state index is 0.0607. The Hall–Kier alpha value is -2.94. The van der Waals surface area contributed by atoms with Crippen LogP contribution in [0.1, 0.15) is 42.3 Å². The number of aromatic nitrogens is 1. The summed E-state index contributed by atoms with van der Waals surface area (Å²) in [5, 5.41) is 8.79. The number of oxazole rings is 1. The van der Waals surface area contributed by atoms with Crippen molar-refractivity contribution in [2.45, 2.75) is 49.9 Å². The van der Waals surface area contributed by atoms with Crippen LogP contribution in [0.3, 0.4) is 0 Å². The predicted octanol–water partition coefficient (Wildman–Crippen LogP) is 6.77. The number of hydrogen-bond acceptors (Lipinski definition) is 5. The molecule has 3 rings (SSSR count). The number of alkyl halides is 3. The molecule has 9 heteroatoms. The third-order valence-corrected chi connectivity index (χ3v) is 5.86. The molecule has 0 unspecified atom stereocenters. The van der Waals surface area contributed by atoms with Crippen LogP contribution in [0, 0.1) is 6.92 Å². The molecule has 0 aliphatic heterocycles. The first kappa shape index (κ1) is 24.7. The zero-order chi connectivity index (χ0) is 24.0. The minimum atomic E-state index is -4.39. The number of aryl methyl sites for hydroxylation is 2. The van der Waals surface area contributed by atoms with Gasteiger partial charge in [0.2, 0.25) is 5.89 Å². The van der Waals surface area contributed by atoms with Gasteiger partial charge in [0.15, 0.2) is 0 Å². The molecule has 176 valence electrons. The quantitative estimate of drug-likeness (QED) is 0.324. The van der Waals surface area contributed by atoms with E-state index in [9.17, 15) is 18.0 Å². The van der Waals surface area contributed by atoms with Gasteiger partial charge in [-0.15, -0.1) is 11.8 Å². The number of thioether (sulfide) groups is 1. The molecular weight excluding hydrogens is 455 g/mol. The standard InChI is InChI=1S/C24H24F3NO4S/c1-3-4-17-13-19(9-10-21(17)31-12-11-22(29)30)33-14-20-15(2)32-23(28-20)16-5-7-18(8-6-16)24(25,26)27/h5-10,13H,3-4,11-12,14H2,1-2H3,(H,29,30). The average molecular weight is 480 g/mol. The number of aliphatic carboxylic acids is 1. The molecule has 0 aliphatic rings. The molecular formula is C24H24F3NO4S. The maximum atomic E-state index is 12.8. The fourth-order valence-corrected chi connectivity index (χ4v) is 4.10. The Kier molecular flexibility index (Phi) is 8.07. The third kappa shape index (κ3) is 6.77. The Bertz CT molecular complexity index is 1090. The Morgan fingerprint density at radius 1 is 1.18 bits per heavy atom. The molecule has 0 saturated heterocycles. The highest BCUT2D eigenvalue weighted by Crippen LogP contribution is 2.33. The van der Waals surface area contributed by atoms with Gasteiger partial charge in [0, 0.05) is 16.2 Å². The van der Waals surface area contributed by atoms with E-state index in [0.717, 1.165) is 35.4 Å². The van der Waals surface area contributed by atoms with Gasteiger partial charge in [0.1, 0.15) is 11.5 Å². The van der Waals surface area contributed by atoms with Crippen LogP contribution < -0.4 is 4.74 Å². The molecule has 33 heavy (non-hydrogen) atoms. The van der Waals surface area contributed by atoms with E-state index in [1.807, 2.05) is 18.2 Å². The van der Waals surface area contributed by atoms with Gasteiger partial charge in [-0.1, -0.05) is 13.3 Å². The number of ether oxygens (including phenoxy) is 1. The summed E-state index contributed by atoms with van der Waals surface area (Å²) in [6, 6.07) is 10.5. The number of nitrogens with zero attached hydrogens (tertiary/aromatic N) is 1. The van der Waals surface area contributed by atoms with Gasteiger partial charge in [-0.25, -0.2) is 4.98 Å². The number of carboxylic acids is 1. The summed E-state index contributed by atoms with van der Waals surface area (Å²) < 4.78 is 49.6. The number of carboxylic acid groups (broad SMARTS) is 1. The van der Waals surface area contributed by atoms with Gasteiger partial charge in [-0.3, -0.25) is 4.79 Å². The number of benzene rings is 2. The lowest BCUT2D eigenvalue weighted by Gasteiger charge is -2.12. The number of carbonyl (C=O) groups is 1. The number of hydrogen-bond donors (Lipinski definition) is 1. The summed E-state index contributed by atoms with van der Waals surface area (Å²) in [4.78, 5) is 16.2. The molecule has 0 spiro atoms. The van der Waals surface area contributed by atoms with Crippen LogP contribution >= 0.6 is 11.8 Å². The molecule has 2 aromatic carbocycles. The van der Waals surface area contributed by atoms with Gasteiger partial charge in [0.25, 0.3) is 0 Å². The van der Waals surface area contributed by atoms with E-state index in [4.69, 9.17) is 14.3 Å². The van der Waals surface area contributed by atoms with Crippen LogP contribution in [0.25, 0.3) is 11.5 Å². The fourth-order valence-electron chi connectivity index (χ4n) is 3.14. The van der Waals surface area contributed by atoms with E-state index in [2.05, 4.69) is 11.9 Å². The van der Waals surface area contributed by atoms with Crippen molar-refractivity contribution in [1.82, 2.24) is 4.98 Å². The Labute approximate surface area is 194 Å². The van der Waals surface area contributed by atoms with Crippen LogP contribution in [0.4, 0.5) is 13.2 Å². The first-order valence-electron chi connectivity index (χ1n) is 10.4. The zero-order valence-electron chi connectivity index (χ0n) is 18.2. The molecule has 0 bridgehead atoms. The van der Waals surface area contributed by atoms with E-state index in [1.54, 1.807) is 18.7 Å². The molecule has 3 aromatic rings. The molecule has 1 aromatic heterocycles. The van der Waals surface area contributed by atoms with Crippen molar-refractivity contribution in [2.75, 3.05) is 6.61 Å². The predicted molar refractivity (Wildman–Crippen MR) is 119 cm³/mol. The topological polar surface area (TPSA) is 72.6 Å². The number of rotatable bonds is 10. The fraction of sp³-hybridized carbons (Fsp3) is 0.333. The van der Waals surface area contributed by atoms with Crippen molar-refractivity contribution in [3.63, 3.8) is 0 Å². The molecule has 0 amide bonds. The van der Waals surface area contributed by atoms with Crippen LogP contribution in [-0.2, 0) is 23.1 Å². The van der Waals surface area contributed by atoms with Gasteiger partial charge in [-0.2, -0.15) is 13.2 Å². The molecule has 0 aliphatic carbocycles. The highest BCUT2D eigenvalue weighted by molar-refractivity contribution is 7.98. The van der Waals surface area contributed by atoms with Crippen LogP contribution in [0.15, 0.2) is 51.8 Å². The first-order valence-corrected chi connectivity index (χ1v) is 11.4. The second kappa shape index (κ2) is 10.8. The summed E-state index contributed by atoms with van der Waals surface area (Å²) in [7, 11) is 0. The van der Waals surface area contributed by atoms with E-state index in [0.29, 0.717) is 28.5 Å². The summed E-state index contributed by atoms with van der Waals surface area (Å²) in [5.74, 6) is 1.20. The molecule has 5 nitrogen and oxygen atoms in total. The number of halogens is 3. The summed E-state index contributed by atoms with van der Waals surface area (Å²) in [5.41, 5.74) is 1.49. The Morgan fingerprint density at radius 2 is 1.91 bits per heavy atom. The van der Waals surface area contributed by atoms with E-state index in [1.165, 1.54) is 12.1 Å². The van der Waals surface area contributed by atoms with Crippen molar-refractivity contribution < 1.29 is 32.2 Å². The van der Waals surface area contributed by atoms with Crippen LogP contribution in [0.2, 0.25) is 0 Å². The van der Waals surface area contributed by atoms with Gasteiger partial charge in [-0.05, 0) is 61.4 Å². The first-order chi connectivity index (χ1) is 15.7. The lowest BCUT2D eigenvalue weighted by molar-refractivity contribution is -0.138. The molecule has 1 N–H and O–H groups in total. The van der Waals surface area contributed by atoms with Crippen molar-refractivity contribution >= 4 is 17.7 Å². The van der Waals surface area contributed by atoms with E-state index < -0.39 is 17.7 Å². The van der Waals surface area contributed by atoms with Crippen molar-refractivity contribution in [2.24, 2.45) is 0 Å². The van der Waals surface area contributed by atoms with Crippen molar-refractivity contribution in [1.29, 1.82) is 0 Å². The third-order valence-electron chi connectivity index (χ3n) is 4.85. The lowest BCUT2D eigenvalue weighted by atomic mass is 10.1. The maximum absolute atomic E-state index is 12.8. The van der Waals surface area contributed by atoms with Crippen LogP contribution in [-0.4, -0.2) is 22.7 Å². The van der Waals surface area contributed by atoms with Gasteiger partial charge in [0.05, 0.1) is 24.3 Å². The van der Waals surface area contributed by atoms with Gasteiger partial charge < -0.3 is 14.3 Å². The molecule has 0 saturated carbocycles. The summed E-state index contributed by atoms with van der Waals surface area (Å²) >= 11 is 1.56. The van der Waals surface area contributed by atoms with Gasteiger partial charge >= 0.3 is 12.1 Å². The van der Waals surface area contributed by atoms with Crippen molar-refractivity contribution in [3.8, 4) is 17.2 Å². The normalized spacial score (nSPS) is 11.5. The largest absolute Gasteiger partial charge is 0.493 e. The Balaban J connectivity index is 1.69. The maximum Gasteiger partial charge on any atom is 0.416 e. The smallest absolute Gasteiger partial charge is 0.416 e. The molecule has 0 atom stereocenters. The molecule has 0 radical (unpaired) electrons. The average Bonchev–Trinajstić information content (AvgIpc) is 3.13. The van der Waals surface area contributed by atoms with Crippen molar-refractivity contribution in [3.05, 3.63) is 65.0 Å². The lowest BCUT2D eigenvalue weighted by Crippen LogP contribution is -2.06. The second-order valence-corrected chi connectivity index (χ2v) is 8.45. The second-order valence-electron chi connectivity index (χ2n) is 7.40. The molecule has 1 heterocycles. The summed E-state index contributed by atoms with van der Waals surface area (Å²) in [6.07, 6.45) is -2.73. The SMILES string of the molecule is CCCc1cc(SCc2nc(-c3ccc(C(F)(F)F)cc3)oc2C)ccc1OCCC(=O)O. The zero-order valence-corrected chi connectivity index (χ0v) is 19.1. The Morgan fingerprint density at radius 3 is 2.55 bits per heavy atom. The van der Waals surface area contributed by atoms with E-state index in [-0.39, 0.29) is 18.9 Å². The monoisotopic (exact) mass is 479 g/mol. The highest BCUT2D eigenvalue weighted by atomic mass is 32.2.